The highest BCUT2D eigenvalue weighted by molar-refractivity contribution is 7.99. The van der Waals surface area contributed by atoms with Crippen LogP contribution < -0.4 is 10.1 Å². The van der Waals surface area contributed by atoms with Gasteiger partial charge in [0.25, 0.3) is 5.91 Å². The van der Waals surface area contributed by atoms with E-state index in [0.29, 0.717) is 17.2 Å². The number of thioether (sulfide) groups is 1. The van der Waals surface area contributed by atoms with Crippen LogP contribution in [0.15, 0.2) is 29.2 Å². The molecule has 4 amide bonds. The second-order valence-electron chi connectivity index (χ2n) is 7.69. The van der Waals surface area contributed by atoms with Gasteiger partial charge in [0.05, 0.1) is 14.2 Å². The first kappa shape index (κ1) is 29.2. The summed E-state index contributed by atoms with van der Waals surface area (Å²) in [5.74, 6) is -1.79. The van der Waals surface area contributed by atoms with Gasteiger partial charge in [-0.15, -0.1) is 11.8 Å². The molecule has 0 saturated heterocycles. The number of hydroxylamine groups is 2. The standard InChI is InChI=1S/C23H35N3O7S/c1-6-8-16(15-34-18-12-10-17(32-4)11-13-18)20(22(29)26(3)31)21(28)24-14-7-9-19(27)25(2)23(30)33-5/h10-13,16,20,31H,6-9,14-15H2,1-5H3,(H,24,28)/t16-,20-/m0/s1. The zero-order valence-corrected chi connectivity index (χ0v) is 21.2. The van der Waals surface area contributed by atoms with Crippen LogP contribution in [-0.2, 0) is 19.1 Å². The number of hydrogen-bond acceptors (Lipinski definition) is 8. The van der Waals surface area contributed by atoms with Gasteiger partial charge in [-0.25, -0.2) is 9.86 Å². The van der Waals surface area contributed by atoms with E-state index in [1.807, 2.05) is 31.2 Å². The summed E-state index contributed by atoms with van der Waals surface area (Å²) in [6, 6.07) is 7.49. The summed E-state index contributed by atoms with van der Waals surface area (Å²) in [5.41, 5.74) is 0. The lowest BCUT2D eigenvalue weighted by Crippen LogP contribution is -2.46. The summed E-state index contributed by atoms with van der Waals surface area (Å²) in [5, 5.41) is 12.9. The zero-order chi connectivity index (χ0) is 25.7. The van der Waals surface area contributed by atoms with E-state index in [9.17, 15) is 24.4 Å². The van der Waals surface area contributed by atoms with Gasteiger partial charge in [0.2, 0.25) is 11.8 Å². The van der Waals surface area contributed by atoms with Gasteiger partial charge in [0, 0.05) is 37.7 Å². The van der Waals surface area contributed by atoms with Crippen molar-refractivity contribution >= 4 is 35.6 Å². The van der Waals surface area contributed by atoms with Crippen LogP contribution in [0.4, 0.5) is 4.79 Å². The van der Waals surface area contributed by atoms with E-state index in [1.54, 1.807) is 7.11 Å². The highest BCUT2D eigenvalue weighted by atomic mass is 32.2. The van der Waals surface area contributed by atoms with Crippen molar-refractivity contribution in [3.63, 3.8) is 0 Å². The average molecular weight is 498 g/mol. The van der Waals surface area contributed by atoms with Gasteiger partial charge in [-0.2, -0.15) is 0 Å². The first-order valence-corrected chi connectivity index (χ1v) is 12.0. The van der Waals surface area contributed by atoms with Crippen LogP contribution in [0.25, 0.3) is 0 Å². The Bertz CT molecular complexity index is 817. The Morgan fingerprint density at radius 3 is 2.29 bits per heavy atom. The van der Waals surface area contributed by atoms with Crippen molar-refractivity contribution in [2.24, 2.45) is 11.8 Å². The number of imide groups is 1. The summed E-state index contributed by atoms with van der Waals surface area (Å²) in [6.07, 6.45) is 0.914. The molecular weight excluding hydrogens is 462 g/mol. The second kappa shape index (κ2) is 15.2. The predicted octanol–water partition coefficient (Wildman–Crippen LogP) is 2.79. The minimum absolute atomic E-state index is 0.0239. The summed E-state index contributed by atoms with van der Waals surface area (Å²) >= 11 is 1.52. The van der Waals surface area contributed by atoms with E-state index >= 15 is 0 Å². The molecule has 1 rings (SSSR count). The molecule has 2 N–H and O–H groups in total. The lowest BCUT2D eigenvalue weighted by Gasteiger charge is -2.26. The summed E-state index contributed by atoms with van der Waals surface area (Å²) in [7, 11) is 5.28. The highest BCUT2D eigenvalue weighted by Gasteiger charge is 2.36. The lowest BCUT2D eigenvalue weighted by molar-refractivity contribution is -0.168. The molecule has 0 fully saturated rings. The second-order valence-corrected chi connectivity index (χ2v) is 8.79. The van der Waals surface area contributed by atoms with E-state index in [-0.39, 0.29) is 25.3 Å². The van der Waals surface area contributed by atoms with Gasteiger partial charge in [-0.05, 0) is 43.0 Å². The molecule has 190 valence electrons. The number of benzene rings is 1. The molecule has 34 heavy (non-hydrogen) atoms. The molecule has 0 aliphatic carbocycles. The molecule has 1 aromatic carbocycles. The molecule has 0 radical (unpaired) electrons. The number of nitrogens with one attached hydrogen (secondary N) is 1. The monoisotopic (exact) mass is 497 g/mol. The molecule has 0 aliphatic rings. The Balaban J connectivity index is 2.80. The molecule has 0 aliphatic heterocycles. The Morgan fingerprint density at radius 1 is 1.12 bits per heavy atom. The van der Waals surface area contributed by atoms with Crippen LogP contribution in [0.1, 0.15) is 32.6 Å². The summed E-state index contributed by atoms with van der Waals surface area (Å²) in [4.78, 5) is 50.9. The Morgan fingerprint density at radius 2 is 1.76 bits per heavy atom. The van der Waals surface area contributed by atoms with Crippen molar-refractivity contribution in [1.82, 2.24) is 15.3 Å². The molecular formula is C23H35N3O7S. The van der Waals surface area contributed by atoms with Crippen LogP contribution in [0.5, 0.6) is 5.75 Å². The third kappa shape index (κ3) is 9.22. The van der Waals surface area contributed by atoms with Crippen LogP contribution >= 0.6 is 11.8 Å². The van der Waals surface area contributed by atoms with Crippen LogP contribution in [0.3, 0.4) is 0 Å². The first-order chi connectivity index (χ1) is 16.2. The maximum absolute atomic E-state index is 13.0. The molecule has 10 nitrogen and oxygen atoms in total. The maximum atomic E-state index is 13.0. The third-order valence-corrected chi connectivity index (χ3v) is 6.41. The average Bonchev–Trinajstić information content (AvgIpc) is 2.84. The molecule has 2 atom stereocenters. The van der Waals surface area contributed by atoms with Crippen LogP contribution in [0.2, 0.25) is 0 Å². The van der Waals surface area contributed by atoms with Gasteiger partial charge < -0.3 is 14.8 Å². The highest BCUT2D eigenvalue weighted by Crippen LogP contribution is 2.29. The fraction of sp³-hybridized carbons (Fsp3) is 0.565. The van der Waals surface area contributed by atoms with Crippen LogP contribution in [0, 0.1) is 11.8 Å². The predicted molar refractivity (Wildman–Crippen MR) is 128 cm³/mol. The number of amides is 4. The molecule has 1 aromatic rings. The number of methoxy groups -OCH3 is 2. The number of carbonyl (C=O) groups is 4. The van der Waals surface area contributed by atoms with E-state index in [4.69, 9.17) is 4.74 Å². The molecule has 0 heterocycles. The number of nitrogens with zero attached hydrogens (tertiary/aromatic N) is 2. The number of ether oxygens (including phenoxy) is 2. The Labute approximate surface area is 204 Å². The molecule has 0 saturated carbocycles. The summed E-state index contributed by atoms with van der Waals surface area (Å²) in [6.45, 7) is 2.11. The van der Waals surface area contributed by atoms with Crippen molar-refractivity contribution in [1.29, 1.82) is 0 Å². The van der Waals surface area contributed by atoms with Crippen molar-refractivity contribution in [3.8, 4) is 5.75 Å². The maximum Gasteiger partial charge on any atom is 0.415 e. The number of rotatable bonds is 13. The fourth-order valence-corrected chi connectivity index (χ4v) is 4.38. The van der Waals surface area contributed by atoms with Gasteiger partial charge in [0.1, 0.15) is 11.7 Å². The van der Waals surface area contributed by atoms with Gasteiger partial charge >= 0.3 is 6.09 Å². The smallest absolute Gasteiger partial charge is 0.415 e. The van der Waals surface area contributed by atoms with E-state index in [1.165, 1.54) is 33.0 Å². The molecule has 0 aromatic heterocycles. The summed E-state index contributed by atoms with van der Waals surface area (Å²) < 4.78 is 9.66. The Kier molecular flexibility index (Phi) is 13.1. The van der Waals surface area contributed by atoms with Gasteiger partial charge in [-0.1, -0.05) is 13.3 Å². The molecule has 0 spiro atoms. The number of carbonyl (C=O) groups excluding carboxylic acids is 4. The normalized spacial score (nSPS) is 12.3. The zero-order valence-electron chi connectivity index (χ0n) is 20.4. The quantitative estimate of drug-likeness (QED) is 0.140. The van der Waals surface area contributed by atoms with Crippen molar-refractivity contribution < 1.29 is 33.9 Å². The van der Waals surface area contributed by atoms with E-state index < -0.39 is 29.7 Å². The topological polar surface area (TPSA) is 125 Å². The SMILES string of the molecule is CCC[C@@H](CSc1ccc(OC)cc1)[C@@H](C(=O)NCCCC(=O)N(C)C(=O)OC)C(=O)N(C)O. The molecule has 11 heteroatoms. The van der Waals surface area contributed by atoms with E-state index in [2.05, 4.69) is 10.1 Å². The van der Waals surface area contributed by atoms with Gasteiger partial charge in [0.15, 0.2) is 0 Å². The van der Waals surface area contributed by atoms with Crippen LogP contribution in [-0.4, -0.2) is 79.6 Å². The lowest BCUT2D eigenvalue weighted by atomic mass is 9.88. The molecule has 0 unspecified atom stereocenters. The fourth-order valence-electron chi connectivity index (χ4n) is 3.29. The third-order valence-electron chi connectivity index (χ3n) is 5.21. The largest absolute Gasteiger partial charge is 0.497 e. The van der Waals surface area contributed by atoms with Crippen molar-refractivity contribution in [3.05, 3.63) is 24.3 Å². The van der Waals surface area contributed by atoms with Crippen molar-refractivity contribution in [2.45, 2.75) is 37.5 Å². The number of hydrogen-bond donors (Lipinski definition) is 2. The minimum atomic E-state index is -1.07. The van der Waals surface area contributed by atoms with E-state index in [0.717, 1.165) is 22.0 Å². The van der Waals surface area contributed by atoms with Gasteiger partial charge in [-0.3, -0.25) is 24.5 Å². The minimum Gasteiger partial charge on any atom is -0.497 e. The Hall–Kier alpha value is -2.79. The van der Waals surface area contributed by atoms with Crippen molar-refractivity contribution in [2.75, 3.05) is 40.6 Å². The first-order valence-electron chi connectivity index (χ1n) is 11.0. The molecule has 0 bridgehead atoms.